The van der Waals surface area contributed by atoms with Gasteiger partial charge in [-0.1, -0.05) is 23.7 Å². The van der Waals surface area contributed by atoms with Crippen molar-refractivity contribution in [3.8, 4) is 11.5 Å². The minimum absolute atomic E-state index is 0.0691. The molecule has 0 saturated carbocycles. The van der Waals surface area contributed by atoms with Crippen molar-refractivity contribution in [2.75, 3.05) is 30.8 Å². The number of ether oxygens (including phenoxy) is 2. The summed E-state index contributed by atoms with van der Waals surface area (Å²) in [6, 6.07) is 11.9. The fourth-order valence-corrected chi connectivity index (χ4v) is 5.82. The molecule has 0 atom stereocenters. The van der Waals surface area contributed by atoms with Gasteiger partial charge in [0.05, 0.1) is 23.7 Å². The Hall–Kier alpha value is -3.12. The monoisotopic (exact) mass is 588 g/mol. The number of hydrogen-bond donors (Lipinski definition) is 3. The van der Waals surface area contributed by atoms with Gasteiger partial charge in [-0.2, -0.15) is 4.98 Å². The van der Waals surface area contributed by atoms with Gasteiger partial charge in [-0.05, 0) is 71.8 Å². The molecule has 3 aromatic rings. The zero-order chi connectivity index (χ0) is 28.9. The van der Waals surface area contributed by atoms with E-state index in [9.17, 15) is 8.42 Å². The summed E-state index contributed by atoms with van der Waals surface area (Å²) in [6.45, 7) is 9.45. The van der Waals surface area contributed by atoms with Crippen molar-refractivity contribution in [2.24, 2.45) is 0 Å². The molecule has 10 nitrogen and oxygen atoms in total. The minimum atomic E-state index is -3.76. The van der Waals surface area contributed by atoms with Crippen LogP contribution < -0.4 is 24.8 Å². The summed E-state index contributed by atoms with van der Waals surface area (Å²) in [6.07, 6.45) is 3.49. The Bertz CT molecular complexity index is 1410. The molecule has 0 aliphatic carbocycles. The van der Waals surface area contributed by atoms with Crippen LogP contribution in [-0.2, 0) is 10.0 Å². The van der Waals surface area contributed by atoms with Gasteiger partial charge in [0, 0.05) is 25.2 Å². The molecule has 0 radical (unpaired) electrons. The van der Waals surface area contributed by atoms with Gasteiger partial charge in [-0.25, -0.2) is 18.1 Å². The van der Waals surface area contributed by atoms with Crippen LogP contribution >= 0.6 is 11.6 Å². The summed E-state index contributed by atoms with van der Waals surface area (Å²) in [7, 11) is -1.64. The van der Waals surface area contributed by atoms with Gasteiger partial charge in [0.25, 0.3) is 0 Å². The van der Waals surface area contributed by atoms with E-state index in [-0.39, 0.29) is 39.9 Å². The molecule has 216 valence electrons. The first-order valence-corrected chi connectivity index (χ1v) is 15.2. The van der Waals surface area contributed by atoms with Crippen LogP contribution in [0.2, 0.25) is 5.02 Å². The lowest BCUT2D eigenvalue weighted by atomic mass is 10.1. The number of aromatic nitrogens is 2. The third-order valence-electron chi connectivity index (χ3n) is 6.10. The second kappa shape index (κ2) is 13.0. The van der Waals surface area contributed by atoms with Crippen molar-refractivity contribution < 1.29 is 17.9 Å². The number of likely N-dealkylation sites (tertiary alicyclic amines) is 1. The van der Waals surface area contributed by atoms with Gasteiger partial charge in [0.15, 0.2) is 5.82 Å². The molecule has 12 heteroatoms. The smallest absolute Gasteiger partial charge is 0.242 e. The molecule has 2 aromatic carbocycles. The number of benzene rings is 2. The predicted octanol–water partition coefficient (Wildman–Crippen LogP) is 5.56. The van der Waals surface area contributed by atoms with Crippen molar-refractivity contribution in [1.29, 1.82) is 0 Å². The maximum atomic E-state index is 12.9. The summed E-state index contributed by atoms with van der Waals surface area (Å²) in [4.78, 5) is 11.2. The molecule has 0 unspecified atom stereocenters. The van der Waals surface area contributed by atoms with Crippen LogP contribution in [0.15, 0.2) is 53.6 Å². The van der Waals surface area contributed by atoms with Gasteiger partial charge in [-0.15, -0.1) is 0 Å². The van der Waals surface area contributed by atoms with Crippen molar-refractivity contribution in [3.63, 3.8) is 0 Å². The molecular weight excluding hydrogens is 552 g/mol. The van der Waals surface area contributed by atoms with E-state index >= 15 is 0 Å². The van der Waals surface area contributed by atoms with E-state index < -0.39 is 10.0 Å². The Morgan fingerprint density at radius 3 is 2.45 bits per heavy atom. The van der Waals surface area contributed by atoms with E-state index in [0.717, 1.165) is 31.7 Å². The fraction of sp³-hybridized carbons (Fsp3) is 0.429. The summed E-state index contributed by atoms with van der Waals surface area (Å²) in [5, 5.41) is 6.49. The van der Waals surface area contributed by atoms with Crippen LogP contribution in [0.1, 0.15) is 40.5 Å². The van der Waals surface area contributed by atoms with E-state index in [1.165, 1.54) is 12.3 Å². The van der Waals surface area contributed by atoms with Gasteiger partial charge >= 0.3 is 0 Å². The number of nitrogens with one attached hydrogen (secondary N) is 3. The molecule has 1 aliphatic rings. The third-order valence-corrected chi connectivity index (χ3v) is 8.09. The summed E-state index contributed by atoms with van der Waals surface area (Å²) < 4.78 is 40.7. The minimum Gasteiger partial charge on any atom is -0.490 e. The number of nitrogens with zero attached hydrogens (tertiary/aromatic N) is 3. The van der Waals surface area contributed by atoms with Crippen molar-refractivity contribution in [1.82, 2.24) is 19.6 Å². The highest BCUT2D eigenvalue weighted by Crippen LogP contribution is 2.34. The van der Waals surface area contributed by atoms with E-state index in [1.54, 1.807) is 32.0 Å². The van der Waals surface area contributed by atoms with Crippen LogP contribution in [0, 0.1) is 0 Å². The first-order valence-electron chi connectivity index (χ1n) is 13.3. The molecule has 40 heavy (non-hydrogen) atoms. The molecule has 4 rings (SSSR count). The van der Waals surface area contributed by atoms with E-state index in [0.29, 0.717) is 17.1 Å². The Balaban J connectivity index is 1.57. The standard InChI is InChI=1S/C28H37ClN6O4S/c1-18(2)34-40(36,37)26-9-7-6-8-24(26)31-27-22(29)17-30-28(33-27)32-23-11-10-21(16-25(23)38-19(3)4)39-20-12-14-35(5)15-13-20/h6-11,16-20,34H,12-15H2,1-5H3,(H2,30,31,32,33). The van der Waals surface area contributed by atoms with Crippen LogP contribution in [0.4, 0.5) is 23.1 Å². The van der Waals surface area contributed by atoms with E-state index in [4.69, 9.17) is 21.1 Å². The zero-order valence-electron chi connectivity index (χ0n) is 23.4. The molecule has 0 bridgehead atoms. The van der Waals surface area contributed by atoms with Gasteiger partial charge in [-0.3, -0.25) is 0 Å². The number of sulfonamides is 1. The van der Waals surface area contributed by atoms with Gasteiger partial charge in [0.1, 0.15) is 27.5 Å². The van der Waals surface area contributed by atoms with Crippen LogP contribution in [0.25, 0.3) is 0 Å². The fourth-order valence-electron chi connectivity index (χ4n) is 4.27. The Morgan fingerprint density at radius 1 is 1.02 bits per heavy atom. The highest BCUT2D eigenvalue weighted by molar-refractivity contribution is 7.89. The number of para-hydroxylation sites is 1. The average Bonchev–Trinajstić information content (AvgIpc) is 2.88. The maximum absolute atomic E-state index is 12.9. The Morgan fingerprint density at radius 2 is 1.75 bits per heavy atom. The molecule has 1 aromatic heterocycles. The summed E-state index contributed by atoms with van der Waals surface area (Å²) in [5.41, 5.74) is 0.989. The topological polar surface area (TPSA) is 118 Å². The van der Waals surface area contributed by atoms with Crippen LogP contribution in [0.3, 0.4) is 0 Å². The number of anilines is 4. The highest BCUT2D eigenvalue weighted by atomic mass is 35.5. The van der Waals surface area contributed by atoms with E-state index in [1.807, 2.05) is 32.0 Å². The molecule has 1 fully saturated rings. The maximum Gasteiger partial charge on any atom is 0.242 e. The first-order chi connectivity index (χ1) is 19.0. The summed E-state index contributed by atoms with van der Waals surface area (Å²) in [5.74, 6) is 1.85. The molecule has 1 aliphatic heterocycles. The van der Waals surface area contributed by atoms with Gasteiger partial charge < -0.3 is 25.0 Å². The quantitative estimate of drug-likeness (QED) is 0.264. The van der Waals surface area contributed by atoms with Crippen molar-refractivity contribution in [2.45, 2.75) is 63.7 Å². The zero-order valence-corrected chi connectivity index (χ0v) is 25.0. The van der Waals surface area contributed by atoms with Crippen LogP contribution in [0.5, 0.6) is 11.5 Å². The first kappa shape index (κ1) is 29.9. The molecule has 2 heterocycles. The molecule has 1 saturated heterocycles. The normalized spacial score (nSPS) is 14.9. The highest BCUT2D eigenvalue weighted by Gasteiger charge is 2.21. The Kier molecular flexibility index (Phi) is 9.72. The van der Waals surface area contributed by atoms with Crippen molar-refractivity contribution >= 4 is 44.8 Å². The number of halogens is 1. The third kappa shape index (κ3) is 7.97. The Labute approximate surface area is 241 Å². The second-order valence-electron chi connectivity index (χ2n) is 10.4. The average molecular weight is 589 g/mol. The van der Waals surface area contributed by atoms with Gasteiger partial charge in [0.2, 0.25) is 16.0 Å². The SMILES string of the molecule is CC(C)NS(=O)(=O)c1ccccc1Nc1nc(Nc2ccc(OC3CCN(C)CC3)cc2OC(C)C)ncc1Cl. The molecule has 0 amide bonds. The summed E-state index contributed by atoms with van der Waals surface area (Å²) >= 11 is 6.40. The second-order valence-corrected chi connectivity index (χ2v) is 12.4. The largest absolute Gasteiger partial charge is 0.490 e. The number of hydrogen-bond acceptors (Lipinski definition) is 9. The molecule has 3 N–H and O–H groups in total. The lowest BCUT2D eigenvalue weighted by Crippen LogP contribution is -2.35. The van der Waals surface area contributed by atoms with E-state index in [2.05, 4.69) is 37.3 Å². The van der Waals surface area contributed by atoms with Crippen molar-refractivity contribution in [3.05, 3.63) is 53.7 Å². The number of piperidine rings is 1. The molecular formula is C28H37ClN6O4S. The predicted molar refractivity (Wildman–Crippen MR) is 159 cm³/mol. The lowest BCUT2D eigenvalue weighted by Gasteiger charge is -2.29. The number of rotatable bonds is 11. The molecule has 0 spiro atoms. The van der Waals surface area contributed by atoms with Crippen LogP contribution in [-0.4, -0.2) is 61.7 Å². The lowest BCUT2D eigenvalue weighted by molar-refractivity contribution is 0.114.